The molecule has 1 heterocycles. The van der Waals surface area contributed by atoms with Gasteiger partial charge in [-0.05, 0) is 18.4 Å². The first-order valence-corrected chi connectivity index (χ1v) is 5.66. The largest absolute Gasteiger partial charge is 0.468 e. The van der Waals surface area contributed by atoms with Crippen LogP contribution in [0.25, 0.3) is 0 Å². The molecule has 1 aromatic rings. The number of nitrogens with zero attached hydrogens (tertiary/aromatic N) is 1. The van der Waals surface area contributed by atoms with E-state index in [0.29, 0.717) is 5.75 Å². The summed E-state index contributed by atoms with van der Waals surface area (Å²) in [6.45, 7) is 0. The van der Waals surface area contributed by atoms with Crippen LogP contribution in [0, 0.1) is 0 Å². The quantitative estimate of drug-likeness (QED) is 0.711. The average molecular weight is 211 g/mol. The molecule has 1 rings (SSSR count). The third-order valence-electron chi connectivity index (χ3n) is 1.86. The number of thioether (sulfide) groups is 1. The van der Waals surface area contributed by atoms with E-state index < -0.39 is 0 Å². The lowest BCUT2D eigenvalue weighted by Gasteiger charge is -2.11. The van der Waals surface area contributed by atoms with E-state index in [1.54, 1.807) is 18.0 Å². The van der Waals surface area contributed by atoms with E-state index in [-0.39, 0.29) is 11.9 Å². The lowest BCUT2D eigenvalue weighted by Crippen LogP contribution is -2.17. The van der Waals surface area contributed by atoms with Gasteiger partial charge in [-0.2, -0.15) is 11.8 Å². The number of carbonyl (C=O) groups excluding carboxylic acids is 1. The molecule has 0 aliphatic rings. The number of aromatic nitrogens is 1. The number of hydrogen-bond donors (Lipinski definition) is 0. The van der Waals surface area contributed by atoms with Crippen LogP contribution in [0.3, 0.4) is 0 Å². The predicted molar refractivity (Wildman–Crippen MR) is 57.4 cm³/mol. The van der Waals surface area contributed by atoms with Crippen molar-refractivity contribution < 1.29 is 9.53 Å². The highest BCUT2D eigenvalue weighted by Crippen LogP contribution is 2.18. The minimum absolute atomic E-state index is 0.224. The fraction of sp³-hybridized carbons (Fsp3) is 0.400. The zero-order valence-electron chi connectivity index (χ0n) is 8.27. The predicted octanol–water partition coefficient (Wildman–Crippen LogP) is 1.70. The number of methoxy groups -OCH3 is 1. The monoisotopic (exact) mass is 211 g/mol. The smallest absolute Gasteiger partial charge is 0.315 e. The van der Waals surface area contributed by atoms with Crippen molar-refractivity contribution in [2.24, 2.45) is 0 Å². The molecular formula is C10H13NO2S. The van der Waals surface area contributed by atoms with Gasteiger partial charge in [0.15, 0.2) is 0 Å². The molecular weight excluding hydrogens is 198 g/mol. The normalized spacial score (nSPS) is 12.1. The Hall–Kier alpha value is -1.03. The van der Waals surface area contributed by atoms with Gasteiger partial charge in [-0.15, -0.1) is 0 Å². The number of rotatable bonds is 4. The van der Waals surface area contributed by atoms with Crippen LogP contribution in [0.1, 0.15) is 11.6 Å². The van der Waals surface area contributed by atoms with Crippen LogP contribution in [0.4, 0.5) is 0 Å². The summed E-state index contributed by atoms with van der Waals surface area (Å²) in [5.74, 6) is 0.221. The third kappa shape index (κ3) is 2.73. The maximum atomic E-state index is 11.4. The Bertz CT molecular complexity index is 289. The Labute approximate surface area is 87.9 Å². The first-order valence-electron chi connectivity index (χ1n) is 4.27. The number of ether oxygens (including phenoxy) is 1. The second-order valence-corrected chi connectivity index (χ2v) is 3.70. The van der Waals surface area contributed by atoms with Crippen molar-refractivity contribution in [2.45, 2.75) is 5.92 Å². The zero-order chi connectivity index (χ0) is 10.4. The van der Waals surface area contributed by atoms with Crippen LogP contribution in [0.5, 0.6) is 0 Å². The van der Waals surface area contributed by atoms with E-state index in [9.17, 15) is 4.79 Å². The molecule has 0 aliphatic carbocycles. The average Bonchev–Trinajstić information content (AvgIpc) is 2.26. The van der Waals surface area contributed by atoms with Crippen molar-refractivity contribution in [1.29, 1.82) is 0 Å². The summed E-state index contributed by atoms with van der Waals surface area (Å²) in [6.07, 6.45) is 3.64. The molecule has 1 unspecified atom stereocenters. The Morgan fingerprint density at radius 1 is 1.64 bits per heavy atom. The standard InChI is InChI=1S/C10H13NO2S/c1-13-10(12)8(7-14-2)9-5-3-4-6-11-9/h3-6,8H,7H2,1-2H3. The summed E-state index contributed by atoms with van der Waals surface area (Å²) in [6, 6.07) is 5.55. The molecule has 0 spiro atoms. The molecule has 1 aromatic heterocycles. The van der Waals surface area contributed by atoms with E-state index in [1.165, 1.54) is 7.11 Å². The second kappa shape index (κ2) is 5.65. The number of pyridine rings is 1. The summed E-state index contributed by atoms with van der Waals surface area (Å²) in [4.78, 5) is 15.6. The van der Waals surface area contributed by atoms with Crippen LogP contribution in [0.15, 0.2) is 24.4 Å². The number of carbonyl (C=O) groups is 1. The molecule has 14 heavy (non-hydrogen) atoms. The Kier molecular flexibility index (Phi) is 4.46. The lowest BCUT2D eigenvalue weighted by atomic mass is 10.1. The van der Waals surface area contributed by atoms with Crippen molar-refractivity contribution in [3.63, 3.8) is 0 Å². The van der Waals surface area contributed by atoms with Crippen LogP contribution < -0.4 is 0 Å². The van der Waals surface area contributed by atoms with E-state index in [0.717, 1.165) is 5.69 Å². The van der Waals surface area contributed by atoms with Gasteiger partial charge in [0.2, 0.25) is 0 Å². The molecule has 0 aromatic carbocycles. The van der Waals surface area contributed by atoms with Gasteiger partial charge in [-0.1, -0.05) is 6.07 Å². The summed E-state index contributed by atoms with van der Waals surface area (Å²) in [5.41, 5.74) is 0.772. The van der Waals surface area contributed by atoms with Gasteiger partial charge in [-0.25, -0.2) is 0 Å². The summed E-state index contributed by atoms with van der Waals surface area (Å²) in [5, 5.41) is 0. The highest BCUT2D eigenvalue weighted by molar-refractivity contribution is 7.98. The Morgan fingerprint density at radius 2 is 2.43 bits per heavy atom. The van der Waals surface area contributed by atoms with E-state index >= 15 is 0 Å². The fourth-order valence-electron chi connectivity index (χ4n) is 1.17. The van der Waals surface area contributed by atoms with Gasteiger partial charge in [0, 0.05) is 11.9 Å². The highest BCUT2D eigenvalue weighted by Gasteiger charge is 2.21. The first kappa shape index (κ1) is 11.0. The fourth-order valence-corrected chi connectivity index (χ4v) is 1.81. The van der Waals surface area contributed by atoms with Crippen LogP contribution in [-0.2, 0) is 9.53 Å². The van der Waals surface area contributed by atoms with Crippen LogP contribution in [0.2, 0.25) is 0 Å². The van der Waals surface area contributed by atoms with Crippen molar-refractivity contribution in [3.8, 4) is 0 Å². The lowest BCUT2D eigenvalue weighted by molar-refractivity contribution is -0.141. The molecule has 0 saturated carbocycles. The molecule has 0 fully saturated rings. The maximum Gasteiger partial charge on any atom is 0.315 e. The van der Waals surface area contributed by atoms with Crippen LogP contribution in [-0.4, -0.2) is 30.1 Å². The van der Waals surface area contributed by atoms with Gasteiger partial charge in [0.1, 0.15) is 5.92 Å². The van der Waals surface area contributed by atoms with Crippen molar-refractivity contribution in [1.82, 2.24) is 4.98 Å². The first-order chi connectivity index (χ1) is 6.79. The second-order valence-electron chi connectivity index (χ2n) is 2.79. The van der Waals surface area contributed by atoms with Gasteiger partial charge < -0.3 is 4.74 Å². The van der Waals surface area contributed by atoms with E-state index in [4.69, 9.17) is 4.74 Å². The zero-order valence-corrected chi connectivity index (χ0v) is 9.08. The molecule has 0 N–H and O–H groups in total. The molecule has 0 bridgehead atoms. The topological polar surface area (TPSA) is 39.2 Å². The Morgan fingerprint density at radius 3 is 2.93 bits per heavy atom. The summed E-state index contributed by atoms with van der Waals surface area (Å²) < 4.78 is 4.73. The maximum absolute atomic E-state index is 11.4. The summed E-state index contributed by atoms with van der Waals surface area (Å²) >= 11 is 1.61. The number of hydrogen-bond acceptors (Lipinski definition) is 4. The van der Waals surface area contributed by atoms with Gasteiger partial charge in [0.25, 0.3) is 0 Å². The van der Waals surface area contributed by atoms with Crippen molar-refractivity contribution in [3.05, 3.63) is 30.1 Å². The van der Waals surface area contributed by atoms with E-state index in [1.807, 2.05) is 24.5 Å². The molecule has 0 aliphatic heterocycles. The SMILES string of the molecule is COC(=O)C(CSC)c1ccccn1. The third-order valence-corrected chi connectivity index (χ3v) is 2.53. The molecule has 3 nitrogen and oxygen atoms in total. The van der Waals surface area contributed by atoms with Crippen molar-refractivity contribution >= 4 is 17.7 Å². The molecule has 0 saturated heterocycles. The Balaban J connectivity index is 2.83. The van der Waals surface area contributed by atoms with Crippen molar-refractivity contribution in [2.75, 3.05) is 19.1 Å². The van der Waals surface area contributed by atoms with Gasteiger partial charge >= 0.3 is 5.97 Å². The van der Waals surface area contributed by atoms with Gasteiger partial charge in [0.05, 0.1) is 12.8 Å². The summed E-state index contributed by atoms with van der Waals surface area (Å²) in [7, 11) is 1.40. The minimum Gasteiger partial charge on any atom is -0.468 e. The molecule has 0 radical (unpaired) electrons. The molecule has 1 atom stereocenters. The minimum atomic E-state index is -0.254. The molecule has 0 amide bonds. The van der Waals surface area contributed by atoms with Crippen LogP contribution >= 0.6 is 11.8 Å². The molecule has 76 valence electrons. The van der Waals surface area contributed by atoms with E-state index in [2.05, 4.69) is 4.98 Å². The van der Waals surface area contributed by atoms with Gasteiger partial charge in [-0.3, -0.25) is 9.78 Å². The highest BCUT2D eigenvalue weighted by atomic mass is 32.2. The molecule has 4 heteroatoms. The number of esters is 1.